The van der Waals surface area contributed by atoms with E-state index >= 15 is 0 Å². The summed E-state index contributed by atoms with van der Waals surface area (Å²) in [5, 5.41) is 3.85. The molecule has 0 aliphatic carbocycles. The van der Waals surface area contributed by atoms with Gasteiger partial charge in [0, 0.05) is 30.6 Å². The molecule has 1 aliphatic rings. The lowest BCUT2D eigenvalue weighted by molar-refractivity contribution is -0.133. The summed E-state index contributed by atoms with van der Waals surface area (Å²) >= 11 is 12.0. The minimum atomic E-state index is -0.218. The molecule has 1 saturated heterocycles. The van der Waals surface area contributed by atoms with Crippen LogP contribution >= 0.6 is 23.2 Å². The number of piperidine rings is 1. The fourth-order valence-electron chi connectivity index (χ4n) is 2.69. The van der Waals surface area contributed by atoms with Crippen molar-refractivity contribution >= 4 is 35.0 Å². The summed E-state index contributed by atoms with van der Waals surface area (Å²) in [6.45, 7) is 5.44. The zero-order valence-electron chi connectivity index (χ0n) is 13.4. The van der Waals surface area contributed by atoms with Gasteiger partial charge in [0.15, 0.2) is 0 Å². The highest BCUT2D eigenvalue weighted by atomic mass is 35.5. The van der Waals surface area contributed by atoms with Crippen molar-refractivity contribution in [3.8, 4) is 0 Å². The minimum absolute atomic E-state index is 0.0562. The first-order valence-corrected chi connectivity index (χ1v) is 8.66. The second kappa shape index (κ2) is 8.02. The van der Waals surface area contributed by atoms with Crippen LogP contribution in [0.5, 0.6) is 0 Å². The van der Waals surface area contributed by atoms with E-state index in [2.05, 4.69) is 5.32 Å². The third kappa shape index (κ3) is 5.11. The molecule has 4 nitrogen and oxygen atoms in total. The Labute approximate surface area is 147 Å². The lowest BCUT2D eigenvalue weighted by Gasteiger charge is -2.33. The molecule has 23 heavy (non-hydrogen) atoms. The maximum atomic E-state index is 12.3. The number of hydrogen-bond acceptors (Lipinski definition) is 2. The van der Waals surface area contributed by atoms with Gasteiger partial charge in [-0.1, -0.05) is 37.0 Å². The SMILES string of the molecule is CC(C)CC(=O)N1CCC(NC(=O)c2cc(Cl)ccc2Cl)CC1. The Bertz CT molecular complexity index is 582. The highest BCUT2D eigenvalue weighted by Gasteiger charge is 2.24. The summed E-state index contributed by atoms with van der Waals surface area (Å²) in [6, 6.07) is 4.90. The van der Waals surface area contributed by atoms with Gasteiger partial charge >= 0.3 is 0 Å². The number of amides is 2. The average molecular weight is 357 g/mol. The summed E-state index contributed by atoms with van der Waals surface area (Å²) in [5.41, 5.74) is 0.387. The lowest BCUT2D eigenvalue weighted by atomic mass is 10.0. The van der Waals surface area contributed by atoms with Gasteiger partial charge in [-0.3, -0.25) is 9.59 Å². The molecule has 0 radical (unpaired) electrons. The van der Waals surface area contributed by atoms with Crippen molar-refractivity contribution in [2.75, 3.05) is 13.1 Å². The quantitative estimate of drug-likeness (QED) is 0.892. The van der Waals surface area contributed by atoms with E-state index in [1.54, 1.807) is 18.2 Å². The molecule has 1 aromatic rings. The Balaban J connectivity index is 1.88. The van der Waals surface area contributed by atoms with Crippen molar-refractivity contribution in [3.05, 3.63) is 33.8 Å². The molecule has 1 aromatic carbocycles. The maximum absolute atomic E-state index is 12.3. The molecule has 0 aromatic heterocycles. The van der Waals surface area contributed by atoms with E-state index in [1.165, 1.54) is 0 Å². The normalized spacial score (nSPS) is 15.8. The number of carbonyl (C=O) groups excluding carboxylic acids is 2. The highest BCUT2D eigenvalue weighted by Crippen LogP contribution is 2.21. The van der Waals surface area contributed by atoms with E-state index in [0.29, 0.717) is 41.0 Å². The number of likely N-dealkylation sites (tertiary alicyclic amines) is 1. The molecule has 1 heterocycles. The Morgan fingerprint density at radius 2 is 1.91 bits per heavy atom. The second-order valence-corrected chi connectivity index (χ2v) is 7.19. The largest absolute Gasteiger partial charge is 0.349 e. The summed E-state index contributed by atoms with van der Waals surface area (Å²) in [7, 11) is 0. The van der Waals surface area contributed by atoms with Crippen molar-refractivity contribution in [1.82, 2.24) is 10.2 Å². The zero-order valence-corrected chi connectivity index (χ0v) is 15.0. The number of hydrogen-bond donors (Lipinski definition) is 1. The Hall–Kier alpha value is -1.26. The molecule has 0 spiro atoms. The van der Waals surface area contributed by atoms with Gasteiger partial charge in [-0.25, -0.2) is 0 Å². The third-order valence-corrected chi connectivity index (χ3v) is 4.50. The Morgan fingerprint density at radius 3 is 2.52 bits per heavy atom. The molecule has 0 saturated carbocycles. The molecule has 1 N–H and O–H groups in total. The van der Waals surface area contributed by atoms with Crippen LogP contribution in [-0.2, 0) is 4.79 Å². The predicted molar refractivity (Wildman–Crippen MR) is 93.0 cm³/mol. The fraction of sp³-hybridized carbons (Fsp3) is 0.529. The van der Waals surface area contributed by atoms with Crippen molar-refractivity contribution in [3.63, 3.8) is 0 Å². The van der Waals surface area contributed by atoms with Crippen LogP contribution in [0.25, 0.3) is 0 Å². The van der Waals surface area contributed by atoms with Crippen LogP contribution < -0.4 is 5.32 Å². The van der Waals surface area contributed by atoms with Gasteiger partial charge in [-0.05, 0) is 37.0 Å². The molecule has 0 unspecified atom stereocenters. The van der Waals surface area contributed by atoms with E-state index in [4.69, 9.17) is 23.2 Å². The zero-order chi connectivity index (χ0) is 17.0. The van der Waals surface area contributed by atoms with Crippen LogP contribution in [0.1, 0.15) is 43.5 Å². The summed E-state index contributed by atoms with van der Waals surface area (Å²) in [6.07, 6.45) is 2.09. The van der Waals surface area contributed by atoms with Crippen molar-refractivity contribution in [2.45, 2.75) is 39.2 Å². The molecule has 1 fully saturated rings. The second-order valence-electron chi connectivity index (χ2n) is 6.35. The maximum Gasteiger partial charge on any atom is 0.253 e. The van der Waals surface area contributed by atoms with E-state index in [-0.39, 0.29) is 17.9 Å². The van der Waals surface area contributed by atoms with Crippen molar-refractivity contribution < 1.29 is 9.59 Å². The van der Waals surface area contributed by atoms with E-state index < -0.39 is 0 Å². The van der Waals surface area contributed by atoms with Crippen LogP contribution in [0.15, 0.2) is 18.2 Å². The van der Waals surface area contributed by atoms with E-state index in [9.17, 15) is 9.59 Å². The number of rotatable bonds is 4. The van der Waals surface area contributed by atoms with Gasteiger partial charge in [-0.15, -0.1) is 0 Å². The monoisotopic (exact) mass is 356 g/mol. The number of nitrogens with zero attached hydrogens (tertiary/aromatic N) is 1. The highest BCUT2D eigenvalue weighted by molar-refractivity contribution is 6.35. The van der Waals surface area contributed by atoms with Crippen LogP contribution in [0, 0.1) is 5.92 Å². The smallest absolute Gasteiger partial charge is 0.253 e. The number of nitrogens with one attached hydrogen (secondary N) is 1. The van der Waals surface area contributed by atoms with Gasteiger partial charge in [0.05, 0.1) is 10.6 Å². The predicted octanol–water partition coefficient (Wildman–Crippen LogP) is 3.76. The first-order valence-electron chi connectivity index (χ1n) is 7.90. The summed E-state index contributed by atoms with van der Waals surface area (Å²) < 4.78 is 0. The average Bonchev–Trinajstić information content (AvgIpc) is 2.49. The van der Waals surface area contributed by atoms with Gasteiger partial charge in [0.1, 0.15) is 0 Å². The fourth-order valence-corrected chi connectivity index (χ4v) is 3.06. The van der Waals surface area contributed by atoms with Gasteiger partial charge in [0.25, 0.3) is 5.91 Å². The number of halogens is 2. The van der Waals surface area contributed by atoms with E-state index in [0.717, 1.165) is 12.8 Å². The number of benzene rings is 1. The number of carbonyl (C=O) groups is 2. The molecule has 2 rings (SSSR count). The standard InChI is InChI=1S/C17H22Cl2N2O2/c1-11(2)9-16(22)21-7-5-13(6-8-21)20-17(23)14-10-12(18)3-4-15(14)19/h3-4,10-11,13H,5-9H2,1-2H3,(H,20,23). The first kappa shape index (κ1) is 18.1. The minimum Gasteiger partial charge on any atom is -0.349 e. The van der Waals surface area contributed by atoms with Crippen LogP contribution in [0.3, 0.4) is 0 Å². The molecule has 6 heteroatoms. The van der Waals surface area contributed by atoms with Crippen LogP contribution in [0.4, 0.5) is 0 Å². The van der Waals surface area contributed by atoms with Crippen molar-refractivity contribution in [1.29, 1.82) is 0 Å². The summed E-state index contributed by atoms with van der Waals surface area (Å²) in [5.74, 6) is 0.344. The molecule has 0 bridgehead atoms. The van der Waals surface area contributed by atoms with Gasteiger partial charge < -0.3 is 10.2 Å². The third-order valence-electron chi connectivity index (χ3n) is 3.94. The van der Waals surface area contributed by atoms with E-state index in [1.807, 2.05) is 18.7 Å². The Kier molecular flexibility index (Phi) is 6.31. The molecule has 2 amide bonds. The molecule has 0 atom stereocenters. The molecule has 1 aliphatic heterocycles. The first-order chi connectivity index (χ1) is 10.9. The van der Waals surface area contributed by atoms with Crippen LogP contribution in [-0.4, -0.2) is 35.8 Å². The van der Waals surface area contributed by atoms with Crippen molar-refractivity contribution in [2.24, 2.45) is 5.92 Å². The summed E-state index contributed by atoms with van der Waals surface area (Å²) in [4.78, 5) is 26.2. The topological polar surface area (TPSA) is 49.4 Å². The van der Waals surface area contributed by atoms with Gasteiger partial charge in [-0.2, -0.15) is 0 Å². The molecule has 126 valence electrons. The lowest BCUT2D eigenvalue weighted by Crippen LogP contribution is -2.46. The molecular weight excluding hydrogens is 335 g/mol. The van der Waals surface area contributed by atoms with Crippen LogP contribution in [0.2, 0.25) is 10.0 Å². The Morgan fingerprint density at radius 1 is 1.26 bits per heavy atom. The van der Waals surface area contributed by atoms with Gasteiger partial charge in [0.2, 0.25) is 5.91 Å². The molecular formula is C17H22Cl2N2O2.